The number of hydrogen-bond donors (Lipinski definition) is 2. The van der Waals surface area contributed by atoms with Crippen molar-refractivity contribution in [1.82, 2.24) is 4.98 Å². The van der Waals surface area contributed by atoms with Crippen LogP contribution in [0.5, 0.6) is 0 Å². The number of carbonyl (C=O) groups excluding carboxylic acids is 2. The molecule has 1 fully saturated rings. The topological polar surface area (TPSA) is 80.3 Å². The van der Waals surface area contributed by atoms with Crippen LogP contribution in [0, 0.1) is 0 Å². The number of rotatable bonds is 6. The zero-order valence-electron chi connectivity index (χ0n) is 14.8. The molecule has 26 heavy (non-hydrogen) atoms. The van der Waals surface area contributed by atoms with Crippen molar-refractivity contribution in [3.63, 3.8) is 0 Å². The number of carbonyl (C=O) groups is 2. The summed E-state index contributed by atoms with van der Waals surface area (Å²) in [6, 6.07) is 10.8. The van der Waals surface area contributed by atoms with Crippen molar-refractivity contribution in [3.8, 4) is 0 Å². The summed E-state index contributed by atoms with van der Waals surface area (Å²) in [4.78, 5) is 28.8. The number of benzene rings is 1. The van der Waals surface area contributed by atoms with Crippen LogP contribution >= 0.6 is 0 Å². The van der Waals surface area contributed by atoms with Gasteiger partial charge in [0.2, 0.25) is 0 Å². The van der Waals surface area contributed by atoms with Crippen LogP contribution in [0.4, 0.5) is 11.5 Å². The van der Waals surface area contributed by atoms with Crippen LogP contribution in [-0.2, 0) is 4.74 Å². The maximum Gasteiger partial charge on any atom is 0.340 e. The molecule has 1 saturated carbocycles. The summed E-state index contributed by atoms with van der Waals surface area (Å²) in [5.41, 5.74) is 1.18. The van der Waals surface area contributed by atoms with E-state index < -0.39 is 5.97 Å². The predicted molar refractivity (Wildman–Crippen MR) is 100 cm³/mol. The van der Waals surface area contributed by atoms with Crippen molar-refractivity contribution < 1.29 is 14.3 Å². The number of nitrogens with zero attached hydrogens (tertiary/aromatic N) is 1. The maximum atomic E-state index is 12.5. The third-order valence-corrected chi connectivity index (χ3v) is 4.40. The number of ether oxygens (including phenoxy) is 1. The number of para-hydroxylation sites is 1. The van der Waals surface area contributed by atoms with E-state index in [1.165, 1.54) is 12.8 Å². The van der Waals surface area contributed by atoms with Gasteiger partial charge in [0.1, 0.15) is 5.82 Å². The lowest BCUT2D eigenvalue weighted by Crippen LogP contribution is -2.17. The number of pyridine rings is 1. The summed E-state index contributed by atoms with van der Waals surface area (Å²) in [6.45, 7) is 2.02. The molecular formula is C20H23N3O3. The Bertz CT molecular complexity index is 768. The zero-order chi connectivity index (χ0) is 18.4. The van der Waals surface area contributed by atoms with E-state index in [1.54, 1.807) is 43.5 Å². The summed E-state index contributed by atoms with van der Waals surface area (Å²) in [6.07, 6.45) is 6.36. The fraction of sp³-hybridized carbons (Fsp3) is 0.350. The van der Waals surface area contributed by atoms with E-state index in [-0.39, 0.29) is 12.5 Å². The van der Waals surface area contributed by atoms with Crippen LogP contribution in [0.3, 0.4) is 0 Å². The smallest absolute Gasteiger partial charge is 0.340 e. The minimum absolute atomic E-state index is 0.278. The molecule has 1 aliphatic carbocycles. The van der Waals surface area contributed by atoms with Crippen molar-refractivity contribution in [2.75, 3.05) is 17.2 Å². The molecule has 0 unspecified atom stereocenters. The van der Waals surface area contributed by atoms with Crippen LogP contribution < -0.4 is 10.6 Å². The van der Waals surface area contributed by atoms with Crippen LogP contribution in [0.25, 0.3) is 0 Å². The lowest BCUT2D eigenvalue weighted by molar-refractivity contribution is 0.0527. The number of anilines is 2. The van der Waals surface area contributed by atoms with Crippen molar-refractivity contribution in [2.24, 2.45) is 0 Å². The van der Waals surface area contributed by atoms with Gasteiger partial charge in [-0.05, 0) is 44.0 Å². The molecule has 6 heteroatoms. The van der Waals surface area contributed by atoms with Gasteiger partial charge in [0.05, 0.1) is 23.4 Å². The molecule has 3 rings (SSSR count). The highest BCUT2D eigenvalue weighted by molar-refractivity contribution is 6.07. The number of amides is 1. The average molecular weight is 353 g/mol. The van der Waals surface area contributed by atoms with Crippen LogP contribution in [0.15, 0.2) is 42.6 Å². The molecule has 2 N–H and O–H groups in total. The molecule has 1 aliphatic rings. The third-order valence-electron chi connectivity index (χ3n) is 4.40. The molecule has 1 aromatic carbocycles. The Morgan fingerprint density at radius 3 is 2.62 bits per heavy atom. The van der Waals surface area contributed by atoms with E-state index in [1.807, 2.05) is 6.07 Å². The van der Waals surface area contributed by atoms with E-state index >= 15 is 0 Å². The number of esters is 1. The Labute approximate surface area is 153 Å². The fourth-order valence-electron chi connectivity index (χ4n) is 3.07. The van der Waals surface area contributed by atoms with Gasteiger partial charge in [-0.15, -0.1) is 0 Å². The normalized spacial score (nSPS) is 14.0. The van der Waals surface area contributed by atoms with Crippen LogP contribution in [0.2, 0.25) is 0 Å². The zero-order valence-corrected chi connectivity index (χ0v) is 14.8. The minimum atomic E-state index is -0.461. The largest absolute Gasteiger partial charge is 0.462 e. The molecule has 0 aliphatic heterocycles. The van der Waals surface area contributed by atoms with Crippen LogP contribution in [0.1, 0.15) is 53.3 Å². The lowest BCUT2D eigenvalue weighted by atomic mass is 10.1. The Hall–Kier alpha value is -2.89. The van der Waals surface area contributed by atoms with E-state index in [0.29, 0.717) is 22.9 Å². The van der Waals surface area contributed by atoms with Gasteiger partial charge in [-0.3, -0.25) is 4.79 Å². The first-order valence-electron chi connectivity index (χ1n) is 8.97. The quantitative estimate of drug-likeness (QED) is 0.771. The first-order chi connectivity index (χ1) is 12.7. The molecule has 0 atom stereocenters. The predicted octanol–water partition coefficient (Wildman–Crippen LogP) is 3.87. The van der Waals surface area contributed by atoms with E-state index in [9.17, 15) is 9.59 Å². The Morgan fingerprint density at radius 2 is 1.92 bits per heavy atom. The maximum absolute atomic E-state index is 12.5. The first kappa shape index (κ1) is 17.9. The summed E-state index contributed by atoms with van der Waals surface area (Å²) in [5, 5.41) is 6.15. The second kappa shape index (κ2) is 8.47. The molecular weight excluding hydrogens is 330 g/mol. The highest BCUT2D eigenvalue weighted by atomic mass is 16.5. The van der Waals surface area contributed by atoms with Crippen molar-refractivity contribution in [1.29, 1.82) is 0 Å². The lowest BCUT2D eigenvalue weighted by Gasteiger charge is -2.13. The van der Waals surface area contributed by atoms with Crippen molar-refractivity contribution in [2.45, 2.75) is 38.6 Å². The summed E-state index contributed by atoms with van der Waals surface area (Å²) in [7, 11) is 0. The second-order valence-corrected chi connectivity index (χ2v) is 6.28. The van der Waals surface area contributed by atoms with E-state index in [2.05, 4.69) is 15.6 Å². The Morgan fingerprint density at radius 1 is 1.15 bits per heavy atom. The van der Waals surface area contributed by atoms with E-state index in [4.69, 9.17) is 4.74 Å². The Balaban J connectivity index is 1.67. The molecule has 0 saturated heterocycles. The number of nitrogens with one attached hydrogen (secondary N) is 2. The highest BCUT2D eigenvalue weighted by Crippen LogP contribution is 2.22. The van der Waals surface area contributed by atoms with Gasteiger partial charge < -0.3 is 15.4 Å². The van der Waals surface area contributed by atoms with Gasteiger partial charge in [-0.2, -0.15) is 0 Å². The third kappa shape index (κ3) is 4.39. The van der Waals surface area contributed by atoms with Gasteiger partial charge in [0.15, 0.2) is 0 Å². The van der Waals surface area contributed by atoms with Crippen LogP contribution in [-0.4, -0.2) is 29.5 Å². The molecule has 0 bridgehead atoms. The Kier molecular flexibility index (Phi) is 5.84. The number of hydrogen-bond acceptors (Lipinski definition) is 5. The van der Waals surface area contributed by atoms with Gasteiger partial charge in [-0.25, -0.2) is 9.78 Å². The molecule has 0 radical (unpaired) electrons. The average Bonchev–Trinajstić information content (AvgIpc) is 3.16. The minimum Gasteiger partial charge on any atom is -0.462 e. The standard InChI is InChI=1S/C20H23N3O3/c1-2-26-20(25)16-9-5-6-10-17(16)23-19(24)14-11-12-18(21-13-14)22-15-7-3-4-8-15/h5-6,9-13,15H,2-4,7-8H2,1H3,(H,21,22)(H,23,24). The summed E-state index contributed by atoms with van der Waals surface area (Å²) < 4.78 is 5.02. The summed E-state index contributed by atoms with van der Waals surface area (Å²) >= 11 is 0. The van der Waals surface area contributed by atoms with E-state index in [0.717, 1.165) is 18.7 Å². The first-order valence-corrected chi connectivity index (χ1v) is 8.97. The molecule has 1 aromatic heterocycles. The monoisotopic (exact) mass is 353 g/mol. The second-order valence-electron chi connectivity index (χ2n) is 6.28. The molecule has 1 amide bonds. The van der Waals surface area contributed by atoms with Gasteiger partial charge in [-0.1, -0.05) is 25.0 Å². The molecule has 0 spiro atoms. The van der Waals surface area contributed by atoms with Crippen molar-refractivity contribution >= 4 is 23.4 Å². The van der Waals surface area contributed by atoms with Gasteiger partial charge in [0.25, 0.3) is 5.91 Å². The molecule has 1 heterocycles. The molecule has 2 aromatic rings. The van der Waals surface area contributed by atoms with Crippen molar-refractivity contribution in [3.05, 3.63) is 53.7 Å². The van der Waals surface area contributed by atoms with Gasteiger partial charge >= 0.3 is 5.97 Å². The number of aromatic nitrogens is 1. The summed E-state index contributed by atoms with van der Waals surface area (Å²) in [5.74, 6) is -0.000301. The highest BCUT2D eigenvalue weighted by Gasteiger charge is 2.17. The fourth-order valence-corrected chi connectivity index (χ4v) is 3.07. The molecule has 136 valence electrons. The SMILES string of the molecule is CCOC(=O)c1ccccc1NC(=O)c1ccc(NC2CCCC2)nc1. The van der Waals surface area contributed by atoms with Gasteiger partial charge in [0, 0.05) is 12.2 Å². The molecule has 6 nitrogen and oxygen atoms in total.